The zero-order valence-electron chi connectivity index (χ0n) is 18.0. The highest BCUT2D eigenvalue weighted by atomic mass is 16.7. The molecule has 1 N–H and O–H groups in total. The first-order valence-electron chi connectivity index (χ1n) is 11.7. The predicted octanol–water partition coefficient (Wildman–Crippen LogP) is 2.00. The number of piperazine rings is 1. The number of amides is 2. The van der Waals surface area contributed by atoms with E-state index in [-0.39, 0.29) is 23.8 Å². The molecule has 7 heteroatoms. The summed E-state index contributed by atoms with van der Waals surface area (Å²) < 4.78 is 10.8. The first-order chi connectivity index (χ1) is 15.1. The molecule has 166 valence electrons. The molecule has 0 radical (unpaired) electrons. The van der Waals surface area contributed by atoms with Gasteiger partial charge in [0.2, 0.25) is 18.6 Å². The average Bonchev–Trinajstić information content (AvgIpc) is 3.55. The number of carbonyl (C=O) groups is 2. The molecule has 5 fully saturated rings. The van der Waals surface area contributed by atoms with E-state index in [2.05, 4.69) is 16.3 Å². The Hall–Kier alpha value is -2.28. The standard InChI is InChI=1S/C24H31N3O4/c28-22(12-24-10-17-8-19(24)9-18(17)11-24)25-13-23(29)27-5-3-26(4-6-27)14-16-1-2-20-21(7-16)31-15-30-20/h1-2,7,17-19H,3-6,8-15H2,(H,25,28). The normalized spacial score (nSPS) is 32.8. The third-order valence-corrected chi connectivity index (χ3v) is 8.56. The summed E-state index contributed by atoms with van der Waals surface area (Å²) in [6, 6.07) is 6.07. The number of nitrogens with zero attached hydrogens (tertiary/aromatic N) is 2. The quantitative estimate of drug-likeness (QED) is 0.755. The van der Waals surface area contributed by atoms with Crippen molar-refractivity contribution >= 4 is 11.8 Å². The van der Waals surface area contributed by atoms with Crippen LogP contribution in [0.5, 0.6) is 11.5 Å². The van der Waals surface area contributed by atoms with Crippen LogP contribution in [-0.4, -0.2) is 61.1 Å². The summed E-state index contributed by atoms with van der Waals surface area (Å²) in [5.74, 6) is 4.25. The van der Waals surface area contributed by atoms with E-state index < -0.39 is 0 Å². The van der Waals surface area contributed by atoms with Gasteiger partial charge in [-0.15, -0.1) is 0 Å². The van der Waals surface area contributed by atoms with Gasteiger partial charge in [-0.25, -0.2) is 0 Å². The Kier molecular flexibility index (Phi) is 4.63. The number of nitrogens with one attached hydrogen (secondary N) is 1. The van der Waals surface area contributed by atoms with E-state index in [1.54, 1.807) is 0 Å². The van der Waals surface area contributed by atoms with Crippen LogP contribution in [0.1, 0.15) is 37.7 Å². The van der Waals surface area contributed by atoms with Gasteiger partial charge in [0.25, 0.3) is 0 Å². The van der Waals surface area contributed by atoms with Crippen LogP contribution in [0.4, 0.5) is 0 Å². The second kappa shape index (κ2) is 7.40. The summed E-state index contributed by atoms with van der Waals surface area (Å²) in [7, 11) is 0. The molecular formula is C24H31N3O4. The van der Waals surface area contributed by atoms with Gasteiger partial charge < -0.3 is 19.7 Å². The Morgan fingerprint density at radius 3 is 2.48 bits per heavy atom. The summed E-state index contributed by atoms with van der Waals surface area (Å²) in [6.45, 7) is 4.33. The molecule has 31 heavy (non-hydrogen) atoms. The van der Waals surface area contributed by atoms with Crippen LogP contribution < -0.4 is 14.8 Å². The number of hydrogen-bond donors (Lipinski definition) is 1. The highest BCUT2D eigenvalue weighted by Gasteiger charge is 2.63. The molecule has 2 unspecified atom stereocenters. The Morgan fingerprint density at radius 1 is 1.03 bits per heavy atom. The van der Waals surface area contributed by atoms with Crippen molar-refractivity contribution < 1.29 is 19.1 Å². The van der Waals surface area contributed by atoms with Crippen LogP contribution in [0.2, 0.25) is 0 Å². The highest BCUT2D eigenvalue weighted by molar-refractivity contribution is 5.85. The van der Waals surface area contributed by atoms with Gasteiger partial charge in [0.15, 0.2) is 11.5 Å². The fraction of sp³-hybridized carbons (Fsp3) is 0.667. The fourth-order valence-electron chi connectivity index (χ4n) is 7.08. The molecule has 4 bridgehead atoms. The molecule has 6 aliphatic rings. The number of fused-ring (bicyclic) bond motifs is 1. The number of rotatable bonds is 6. The summed E-state index contributed by atoms with van der Waals surface area (Å²) in [5, 5.41) is 2.93. The summed E-state index contributed by atoms with van der Waals surface area (Å²) in [6.07, 6.45) is 5.80. The molecule has 2 amide bonds. The van der Waals surface area contributed by atoms with E-state index in [0.717, 1.165) is 48.9 Å². The molecule has 4 saturated carbocycles. The smallest absolute Gasteiger partial charge is 0.242 e. The topological polar surface area (TPSA) is 71.1 Å². The van der Waals surface area contributed by atoms with Crippen LogP contribution in [0.25, 0.3) is 0 Å². The molecule has 1 aromatic carbocycles. The molecular weight excluding hydrogens is 394 g/mol. The van der Waals surface area contributed by atoms with E-state index in [4.69, 9.17) is 9.47 Å². The monoisotopic (exact) mass is 425 g/mol. The SMILES string of the molecule is O=C(CC12CC3CC1CC3C2)NCC(=O)N1CCN(Cc2ccc3c(c2)OCO3)CC1. The number of carbonyl (C=O) groups excluding carboxylic acids is 2. The second-order valence-corrected chi connectivity index (χ2v) is 10.3. The van der Waals surface area contributed by atoms with Crippen molar-refractivity contribution in [3.63, 3.8) is 0 Å². The molecule has 2 aliphatic heterocycles. The largest absolute Gasteiger partial charge is 0.454 e. The molecule has 2 heterocycles. The molecule has 7 nitrogen and oxygen atoms in total. The van der Waals surface area contributed by atoms with Gasteiger partial charge in [0, 0.05) is 39.1 Å². The van der Waals surface area contributed by atoms with E-state index in [9.17, 15) is 9.59 Å². The lowest BCUT2D eigenvalue weighted by molar-refractivity contribution is -0.135. The fourth-order valence-corrected chi connectivity index (χ4v) is 7.08. The first kappa shape index (κ1) is 19.4. The Labute approximate surface area is 183 Å². The minimum absolute atomic E-state index is 0.0357. The van der Waals surface area contributed by atoms with Crippen molar-refractivity contribution in [1.29, 1.82) is 0 Å². The van der Waals surface area contributed by atoms with E-state index in [1.165, 1.54) is 31.2 Å². The van der Waals surface area contributed by atoms with Crippen LogP contribution in [0, 0.1) is 23.2 Å². The lowest BCUT2D eigenvalue weighted by Crippen LogP contribution is -2.51. The number of hydrogen-bond acceptors (Lipinski definition) is 5. The van der Waals surface area contributed by atoms with Gasteiger partial charge in [-0.2, -0.15) is 0 Å². The molecule has 2 atom stereocenters. The third-order valence-electron chi connectivity index (χ3n) is 8.56. The maximum absolute atomic E-state index is 12.6. The van der Waals surface area contributed by atoms with Gasteiger partial charge in [0.1, 0.15) is 0 Å². The second-order valence-electron chi connectivity index (χ2n) is 10.3. The zero-order chi connectivity index (χ0) is 21.0. The lowest BCUT2D eigenvalue weighted by atomic mass is 9.78. The maximum Gasteiger partial charge on any atom is 0.242 e. The summed E-state index contributed by atoms with van der Waals surface area (Å²) in [4.78, 5) is 29.4. The van der Waals surface area contributed by atoms with E-state index >= 15 is 0 Å². The Morgan fingerprint density at radius 2 is 1.77 bits per heavy atom. The van der Waals surface area contributed by atoms with Gasteiger partial charge in [-0.3, -0.25) is 14.5 Å². The van der Waals surface area contributed by atoms with Crippen LogP contribution in [0.15, 0.2) is 18.2 Å². The summed E-state index contributed by atoms with van der Waals surface area (Å²) >= 11 is 0. The van der Waals surface area contributed by atoms with E-state index in [1.807, 2.05) is 17.0 Å². The van der Waals surface area contributed by atoms with Gasteiger partial charge >= 0.3 is 0 Å². The maximum atomic E-state index is 12.6. The molecule has 0 spiro atoms. The minimum atomic E-state index is 0.0357. The van der Waals surface area contributed by atoms with Crippen molar-refractivity contribution in [2.24, 2.45) is 23.2 Å². The van der Waals surface area contributed by atoms with Crippen molar-refractivity contribution in [1.82, 2.24) is 15.1 Å². The zero-order valence-corrected chi connectivity index (χ0v) is 18.0. The van der Waals surface area contributed by atoms with Crippen LogP contribution in [0.3, 0.4) is 0 Å². The first-order valence-corrected chi connectivity index (χ1v) is 11.7. The number of benzene rings is 1. The molecule has 0 aromatic heterocycles. The van der Waals surface area contributed by atoms with Crippen molar-refractivity contribution in [3.05, 3.63) is 23.8 Å². The van der Waals surface area contributed by atoms with Crippen LogP contribution >= 0.6 is 0 Å². The Balaban J connectivity index is 0.943. The van der Waals surface area contributed by atoms with Gasteiger partial charge in [-0.05, 0) is 66.5 Å². The lowest BCUT2D eigenvalue weighted by Gasteiger charge is -2.35. The Bertz CT molecular complexity index is 881. The molecule has 4 aliphatic carbocycles. The predicted molar refractivity (Wildman–Crippen MR) is 113 cm³/mol. The van der Waals surface area contributed by atoms with Gasteiger partial charge in [0.05, 0.1) is 6.54 Å². The van der Waals surface area contributed by atoms with Gasteiger partial charge in [-0.1, -0.05) is 6.07 Å². The highest BCUT2D eigenvalue weighted by Crippen LogP contribution is 2.71. The summed E-state index contributed by atoms with van der Waals surface area (Å²) in [5.41, 5.74) is 1.46. The molecule has 7 rings (SSSR count). The third kappa shape index (κ3) is 3.47. The van der Waals surface area contributed by atoms with Crippen LogP contribution in [-0.2, 0) is 16.1 Å². The molecule has 1 aromatic rings. The van der Waals surface area contributed by atoms with Crippen molar-refractivity contribution in [2.45, 2.75) is 38.6 Å². The van der Waals surface area contributed by atoms with E-state index in [0.29, 0.717) is 26.3 Å². The van der Waals surface area contributed by atoms with Crippen molar-refractivity contribution in [2.75, 3.05) is 39.5 Å². The molecule has 1 saturated heterocycles. The average molecular weight is 426 g/mol. The number of ether oxygens (including phenoxy) is 2. The van der Waals surface area contributed by atoms with Crippen molar-refractivity contribution in [3.8, 4) is 11.5 Å². The minimum Gasteiger partial charge on any atom is -0.454 e.